The Kier molecular flexibility index (Phi) is 5.35. The number of nitrogens with one attached hydrogen (secondary N) is 2. The number of anilines is 1. The van der Waals surface area contributed by atoms with Crippen LogP contribution in [-0.2, 0) is 19.6 Å². The number of carbonyl (C=O) groups is 1. The van der Waals surface area contributed by atoms with Crippen molar-refractivity contribution in [2.75, 3.05) is 37.7 Å². The molecule has 2 unspecified atom stereocenters. The van der Waals surface area contributed by atoms with Gasteiger partial charge >= 0.3 is 0 Å². The minimum Gasteiger partial charge on any atom is -0.374 e. The van der Waals surface area contributed by atoms with Gasteiger partial charge in [0.15, 0.2) is 0 Å². The van der Waals surface area contributed by atoms with E-state index >= 15 is 0 Å². The highest BCUT2D eigenvalue weighted by atomic mass is 32.2. The molecule has 2 bridgehead atoms. The van der Waals surface area contributed by atoms with E-state index in [-0.39, 0.29) is 29.5 Å². The number of amides is 1. The van der Waals surface area contributed by atoms with E-state index in [0.29, 0.717) is 13.2 Å². The van der Waals surface area contributed by atoms with Crippen LogP contribution in [0.5, 0.6) is 0 Å². The first-order valence-corrected chi connectivity index (χ1v) is 13.3. The molecule has 178 valence electrons. The van der Waals surface area contributed by atoms with Crippen LogP contribution in [0, 0.1) is 0 Å². The first kappa shape index (κ1) is 21.6. The fourth-order valence-electron chi connectivity index (χ4n) is 5.40. The number of likely N-dealkylation sites (tertiary alicyclic amines) is 1. The Morgan fingerprint density at radius 3 is 2.68 bits per heavy atom. The zero-order valence-corrected chi connectivity index (χ0v) is 19.7. The van der Waals surface area contributed by atoms with Crippen molar-refractivity contribution in [1.29, 1.82) is 0 Å². The Morgan fingerprint density at radius 1 is 1.12 bits per heavy atom. The number of hydrogen-bond acceptors (Lipinski definition) is 5. The number of aromatic nitrogens is 1. The third-order valence-corrected chi connectivity index (χ3v) is 8.58. The standard InChI is InChI=1S/C25H28N4O4S/c30-25(29-15-19-12-18(29)16-33-19)14-26-34(31,32)20-7-8-24(28-9-3-4-10-28)21(13-20)23-11-17-5-1-2-6-22(17)27-23/h1-2,5-8,11,13,18-19,26-27H,3-4,9-10,12,14-16H2. The van der Waals surface area contributed by atoms with Crippen molar-refractivity contribution >= 4 is 32.5 Å². The molecule has 3 saturated heterocycles. The maximum Gasteiger partial charge on any atom is 0.241 e. The summed E-state index contributed by atoms with van der Waals surface area (Å²) < 4.78 is 34.4. The molecule has 4 heterocycles. The molecule has 1 aromatic heterocycles. The van der Waals surface area contributed by atoms with Crippen LogP contribution in [-0.4, -0.2) is 69.1 Å². The maximum atomic E-state index is 13.2. The summed E-state index contributed by atoms with van der Waals surface area (Å²) >= 11 is 0. The Bertz CT molecular complexity index is 1310. The van der Waals surface area contributed by atoms with Gasteiger partial charge in [0.1, 0.15) is 0 Å². The van der Waals surface area contributed by atoms with E-state index in [1.165, 1.54) is 0 Å². The van der Waals surface area contributed by atoms with Gasteiger partial charge in [-0.25, -0.2) is 13.1 Å². The summed E-state index contributed by atoms with van der Waals surface area (Å²) in [6.07, 6.45) is 3.17. The zero-order chi connectivity index (χ0) is 23.3. The van der Waals surface area contributed by atoms with Gasteiger partial charge in [-0.15, -0.1) is 0 Å². The van der Waals surface area contributed by atoms with Crippen molar-refractivity contribution in [2.24, 2.45) is 0 Å². The normalized spacial score (nSPS) is 22.2. The molecule has 1 amide bonds. The van der Waals surface area contributed by atoms with Crippen LogP contribution in [0.2, 0.25) is 0 Å². The highest BCUT2D eigenvalue weighted by molar-refractivity contribution is 7.89. The van der Waals surface area contributed by atoms with Gasteiger partial charge in [-0.1, -0.05) is 18.2 Å². The number of rotatable bonds is 6. The average Bonchev–Trinajstić information content (AvgIpc) is 3.66. The molecule has 0 saturated carbocycles. The van der Waals surface area contributed by atoms with Crippen molar-refractivity contribution in [3.8, 4) is 11.3 Å². The van der Waals surface area contributed by atoms with E-state index in [1.54, 1.807) is 17.0 Å². The number of fused-ring (bicyclic) bond motifs is 3. The number of aromatic amines is 1. The fraction of sp³-hybridized carbons (Fsp3) is 0.400. The Hall–Kier alpha value is -2.88. The molecule has 0 radical (unpaired) electrons. The van der Waals surface area contributed by atoms with Crippen molar-refractivity contribution in [2.45, 2.75) is 36.3 Å². The van der Waals surface area contributed by atoms with Gasteiger partial charge in [-0.2, -0.15) is 0 Å². The van der Waals surface area contributed by atoms with Gasteiger partial charge in [-0.05, 0) is 49.6 Å². The minimum atomic E-state index is -3.86. The SMILES string of the molecule is O=C(CNS(=O)(=O)c1ccc(N2CCCC2)c(-c2cc3ccccc3[nH]2)c1)N1CC2CC1CO2. The van der Waals surface area contributed by atoms with E-state index in [4.69, 9.17) is 4.74 Å². The van der Waals surface area contributed by atoms with Gasteiger partial charge in [0.25, 0.3) is 0 Å². The quantitative estimate of drug-likeness (QED) is 0.566. The predicted octanol–water partition coefficient (Wildman–Crippen LogP) is 2.71. The number of morpholine rings is 1. The van der Waals surface area contributed by atoms with Crippen molar-refractivity contribution in [1.82, 2.24) is 14.6 Å². The van der Waals surface area contributed by atoms with Crippen LogP contribution in [0.3, 0.4) is 0 Å². The van der Waals surface area contributed by atoms with Gasteiger partial charge in [0.2, 0.25) is 15.9 Å². The molecule has 2 N–H and O–H groups in total. The van der Waals surface area contributed by atoms with Gasteiger partial charge in [0.05, 0.1) is 30.2 Å². The third kappa shape index (κ3) is 3.87. The summed E-state index contributed by atoms with van der Waals surface area (Å²) in [5.74, 6) is -0.205. The van der Waals surface area contributed by atoms with Gasteiger partial charge in [0, 0.05) is 47.5 Å². The summed E-state index contributed by atoms with van der Waals surface area (Å²) in [5.41, 5.74) is 3.75. The highest BCUT2D eigenvalue weighted by Crippen LogP contribution is 2.36. The molecule has 34 heavy (non-hydrogen) atoms. The molecule has 9 heteroatoms. The Balaban J connectivity index is 1.29. The van der Waals surface area contributed by atoms with Crippen molar-refractivity contribution in [3.63, 3.8) is 0 Å². The summed E-state index contributed by atoms with van der Waals surface area (Å²) in [6, 6.07) is 15.4. The molecule has 2 aromatic carbocycles. The lowest BCUT2D eigenvalue weighted by Gasteiger charge is -2.27. The predicted molar refractivity (Wildman–Crippen MR) is 130 cm³/mol. The van der Waals surface area contributed by atoms with Gasteiger partial charge < -0.3 is 19.5 Å². The van der Waals surface area contributed by atoms with E-state index in [1.807, 2.05) is 30.3 Å². The van der Waals surface area contributed by atoms with E-state index in [2.05, 4.69) is 20.7 Å². The highest BCUT2D eigenvalue weighted by Gasteiger charge is 2.41. The van der Waals surface area contributed by atoms with Gasteiger partial charge in [-0.3, -0.25) is 4.79 Å². The van der Waals surface area contributed by atoms with Crippen molar-refractivity contribution < 1.29 is 17.9 Å². The second-order valence-corrected chi connectivity index (χ2v) is 11.1. The molecule has 8 nitrogen and oxygen atoms in total. The van der Waals surface area contributed by atoms with Crippen LogP contribution in [0.15, 0.2) is 53.4 Å². The lowest BCUT2D eigenvalue weighted by atomic mass is 10.1. The molecular weight excluding hydrogens is 452 g/mol. The lowest BCUT2D eigenvalue weighted by molar-refractivity contribution is -0.134. The third-order valence-electron chi connectivity index (χ3n) is 7.18. The number of para-hydroxylation sites is 1. The number of benzene rings is 2. The first-order valence-electron chi connectivity index (χ1n) is 11.9. The van der Waals surface area contributed by atoms with Crippen LogP contribution in [0.1, 0.15) is 19.3 Å². The summed E-state index contributed by atoms with van der Waals surface area (Å²) in [5, 5.41) is 1.07. The zero-order valence-electron chi connectivity index (χ0n) is 18.9. The van der Waals surface area contributed by atoms with Crippen LogP contribution in [0.4, 0.5) is 5.69 Å². The topological polar surface area (TPSA) is 94.7 Å². The van der Waals surface area contributed by atoms with E-state index in [9.17, 15) is 13.2 Å². The molecule has 0 aliphatic carbocycles. The second-order valence-electron chi connectivity index (χ2n) is 9.36. The number of carbonyl (C=O) groups excluding carboxylic acids is 1. The molecule has 3 aliphatic rings. The van der Waals surface area contributed by atoms with E-state index < -0.39 is 10.0 Å². The number of ether oxygens (including phenoxy) is 1. The second kappa shape index (κ2) is 8.41. The lowest BCUT2D eigenvalue weighted by Crippen LogP contribution is -2.46. The molecule has 0 spiro atoms. The largest absolute Gasteiger partial charge is 0.374 e. The Morgan fingerprint density at radius 2 is 1.94 bits per heavy atom. The molecule has 2 atom stereocenters. The van der Waals surface area contributed by atoms with E-state index in [0.717, 1.165) is 60.2 Å². The number of nitrogens with zero attached hydrogens (tertiary/aromatic N) is 2. The molecule has 3 aromatic rings. The van der Waals surface area contributed by atoms with Crippen LogP contribution >= 0.6 is 0 Å². The molecule has 3 fully saturated rings. The number of hydrogen-bond donors (Lipinski definition) is 2. The van der Waals surface area contributed by atoms with Crippen LogP contribution in [0.25, 0.3) is 22.2 Å². The Labute approximate surface area is 198 Å². The number of H-pyrrole nitrogens is 1. The fourth-order valence-corrected chi connectivity index (χ4v) is 6.40. The summed E-state index contributed by atoms with van der Waals surface area (Å²) in [6.45, 7) is 2.73. The number of sulfonamides is 1. The van der Waals surface area contributed by atoms with Crippen LogP contribution < -0.4 is 9.62 Å². The maximum absolute atomic E-state index is 13.2. The first-order chi connectivity index (χ1) is 16.5. The summed E-state index contributed by atoms with van der Waals surface area (Å²) in [7, 11) is -3.86. The monoisotopic (exact) mass is 480 g/mol. The minimum absolute atomic E-state index is 0.0651. The summed E-state index contributed by atoms with van der Waals surface area (Å²) in [4.78, 5) is 20.3. The molecule has 3 aliphatic heterocycles. The van der Waals surface area contributed by atoms with Crippen molar-refractivity contribution in [3.05, 3.63) is 48.5 Å². The average molecular weight is 481 g/mol. The smallest absolute Gasteiger partial charge is 0.241 e. The molecule has 6 rings (SSSR count). The molecular formula is C25H28N4O4S.